The fraction of sp³-hybridized carbons (Fsp3) is 0.500. The van der Waals surface area contributed by atoms with Crippen molar-refractivity contribution in [2.24, 2.45) is 7.05 Å². The number of allylic oxidation sites excluding steroid dienone is 1. The lowest BCUT2D eigenvalue weighted by Gasteiger charge is -2.13. The van der Waals surface area contributed by atoms with Gasteiger partial charge in [-0.1, -0.05) is 0 Å². The van der Waals surface area contributed by atoms with Crippen molar-refractivity contribution in [2.45, 2.75) is 24.9 Å². The number of nitrogens with one attached hydrogen (secondary N) is 1. The van der Waals surface area contributed by atoms with Crippen LogP contribution in [-0.4, -0.2) is 16.0 Å². The molecule has 0 fully saturated rings. The Morgan fingerprint density at radius 3 is 2.76 bits per heavy atom. The van der Waals surface area contributed by atoms with Gasteiger partial charge in [-0.15, -0.1) is 11.8 Å². The standard InChI is InChI=1S/C10H12F3N3S/c1-6-8(4-14-16(6)2)9-15-7(5-17-9)3-10(11,12)13/h4-5,9,15H,3H2,1-2H3. The minimum absolute atomic E-state index is 0.166. The summed E-state index contributed by atoms with van der Waals surface area (Å²) in [6.45, 7) is 1.90. The van der Waals surface area contributed by atoms with Crippen LogP contribution in [0, 0.1) is 6.92 Å². The highest BCUT2D eigenvalue weighted by atomic mass is 32.2. The minimum Gasteiger partial charge on any atom is -0.372 e. The third-order valence-corrected chi connectivity index (χ3v) is 3.67. The van der Waals surface area contributed by atoms with Crippen LogP contribution in [-0.2, 0) is 7.05 Å². The summed E-state index contributed by atoms with van der Waals surface area (Å²) in [5, 5.41) is 8.31. The van der Waals surface area contributed by atoms with Crippen LogP contribution in [0.15, 0.2) is 17.3 Å². The molecule has 1 aliphatic heterocycles. The first kappa shape index (κ1) is 12.3. The lowest BCUT2D eigenvalue weighted by molar-refractivity contribution is -0.127. The lowest BCUT2D eigenvalue weighted by Crippen LogP contribution is -2.19. The third-order valence-electron chi connectivity index (χ3n) is 2.61. The summed E-state index contributed by atoms with van der Waals surface area (Å²) in [7, 11) is 1.81. The summed E-state index contributed by atoms with van der Waals surface area (Å²) in [5.74, 6) is 0. The molecule has 3 nitrogen and oxygen atoms in total. The molecule has 0 aromatic carbocycles. The molecule has 94 valence electrons. The van der Waals surface area contributed by atoms with Gasteiger partial charge in [-0.25, -0.2) is 0 Å². The molecule has 0 saturated heterocycles. The number of thioether (sulfide) groups is 1. The van der Waals surface area contributed by atoms with Gasteiger partial charge in [-0.2, -0.15) is 18.3 Å². The largest absolute Gasteiger partial charge is 0.394 e. The van der Waals surface area contributed by atoms with E-state index in [-0.39, 0.29) is 11.1 Å². The summed E-state index contributed by atoms with van der Waals surface area (Å²) in [5.41, 5.74) is 2.10. The quantitative estimate of drug-likeness (QED) is 0.889. The second-order valence-electron chi connectivity index (χ2n) is 3.90. The fourth-order valence-electron chi connectivity index (χ4n) is 1.62. The highest BCUT2D eigenvalue weighted by molar-refractivity contribution is 8.02. The molecule has 17 heavy (non-hydrogen) atoms. The van der Waals surface area contributed by atoms with E-state index in [4.69, 9.17) is 0 Å². The Balaban J connectivity index is 2.04. The summed E-state index contributed by atoms with van der Waals surface area (Å²) in [4.78, 5) is 0. The van der Waals surface area contributed by atoms with Crippen LogP contribution in [0.2, 0.25) is 0 Å². The second kappa shape index (κ2) is 4.29. The Morgan fingerprint density at radius 2 is 2.24 bits per heavy atom. The van der Waals surface area contributed by atoms with Gasteiger partial charge < -0.3 is 5.32 Å². The predicted molar refractivity (Wildman–Crippen MR) is 60.2 cm³/mol. The van der Waals surface area contributed by atoms with E-state index in [2.05, 4.69) is 10.4 Å². The summed E-state index contributed by atoms with van der Waals surface area (Å²) < 4.78 is 38.3. The zero-order valence-electron chi connectivity index (χ0n) is 9.38. The second-order valence-corrected chi connectivity index (χ2v) is 4.88. The van der Waals surface area contributed by atoms with Crippen molar-refractivity contribution in [3.8, 4) is 0 Å². The van der Waals surface area contributed by atoms with Crippen LogP contribution in [0.4, 0.5) is 13.2 Å². The molecule has 1 aromatic heterocycles. The molecule has 1 aromatic rings. The zero-order chi connectivity index (χ0) is 12.6. The molecule has 0 aliphatic carbocycles. The van der Waals surface area contributed by atoms with E-state index in [0.29, 0.717) is 0 Å². The first-order valence-electron chi connectivity index (χ1n) is 5.03. The van der Waals surface area contributed by atoms with Gasteiger partial charge in [0.2, 0.25) is 0 Å². The minimum atomic E-state index is -4.17. The Bertz CT molecular complexity index is 450. The van der Waals surface area contributed by atoms with Crippen LogP contribution < -0.4 is 5.32 Å². The normalized spacial score (nSPS) is 20.3. The maximum Gasteiger partial charge on any atom is 0.394 e. The smallest absolute Gasteiger partial charge is 0.372 e. The average molecular weight is 263 g/mol. The van der Waals surface area contributed by atoms with Crippen LogP contribution in [0.25, 0.3) is 0 Å². The van der Waals surface area contributed by atoms with E-state index in [1.807, 2.05) is 14.0 Å². The Kier molecular flexibility index (Phi) is 3.11. The number of hydrogen-bond acceptors (Lipinski definition) is 3. The van der Waals surface area contributed by atoms with E-state index in [1.165, 1.54) is 17.2 Å². The van der Waals surface area contributed by atoms with E-state index < -0.39 is 12.6 Å². The van der Waals surface area contributed by atoms with Crippen molar-refractivity contribution in [2.75, 3.05) is 0 Å². The summed E-state index contributed by atoms with van der Waals surface area (Å²) in [6.07, 6.45) is -3.39. The molecule has 0 saturated carbocycles. The van der Waals surface area contributed by atoms with Crippen molar-refractivity contribution >= 4 is 11.8 Å². The summed E-state index contributed by atoms with van der Waals surface area (Å²) >= 11 is 1.35. The van der Waals surface area contributed by atoms with Gasteiger partial charge in [-0.05, 0) is 12.3 Å². The Morgan fingerprint density at radius 1 is 1.53 bits per heavy atom. The van der Waals surface area contributed by atoms with Gasteiger partial charge >= 0.3 is 6.18 Å². The number of aromatic nitrogens is 2. The molecule has 0 bridgehead atoms. The highest BCUT2D eigenvalue weighted by Gasteiger charge is 2.32. The number of nitrogens with zero attached hydrogens (tertiary/aromatic N) is 2. The van der Waals surface area contributed by atoms with Crippen LogP contribution in [0.5, 0.6) is 0 Å². The van der Waals surface area contributed by atoms with Crippen molar-refractivity contribution in [1.29, 1.82) is 0 Å². The van der Waals surface area contributed by atoms with Gasteiger partial charge in [-0.3, -0.25) is 4.68 Å². The number of alkyl halides is 3. The van der Waals surface area contributed by atoms with Crippen LogP contribution in [0.1, 0.15) is 23.1 Å². The zero-order valence-corrected chi connectivity index (χ0v) is 10.2. The number of aryl methyl sites for hydroxylation is 1. The number of hydrogen-bond donors (Lipinski definition) is 1. The third kappa shape index (κ3) is 2.77. The lowest BCUT2D eigenvalue weighted by atomic mass is 10.2. The van der Waals surface area contributed by atoms with Gasteiger partial charge in [0.15, 0.2) is 0 Å². The average Bonchev–Trinajstić information content (AvgIpc) is 2.74. The molecule has 1 unspecified atom stereocenters. The van der Waals surface area contributed by atoms with E-state index >= 15 is 0 Å². The molecule has 2 heterocycles. The Hall–Kier alpha value is -1.11. The van der Waals surface area contributed by atoms with Crippen LogP contribution >= 0.6 is 11.8 Å². The maximum atomic E-state index is 12.2. The predicted octanol–water partition coefficient (Wildman–Crippen LogP) is 2.86. The molecule has 1 atom stereocenters. The van der Waals surface area contributed by atoms with Gasteiger partial charge in [0.25, 0.3) is 0 Å². The van der Waals surface area contributed by atoms with Crippen molar-refractivity contribution in [3.05, 3.63) is 28.6 Å². The topological polar surface area (TPSA) is 29.9 Å². The van der Waals surface area contributed by atoms with Crippen LogP contribution in [0.3, 0.4) is 0 Å². The Labute approximate surface area is 101 Å². The van der Waals surface area contributed by atoms with Crippen molar-refractivity contribution < 1.29 is 13.2 Å². The van der Waals surface area contributed by atoms with Gasteiger partial charge in [0.1, 0.15) is 5.37 Å². The monoisotopic (exact) mass is 263 g/mol. The van der Waals surface area contributed by atoms with E-state index in [9.17, 15) is 13.2 Å². The first-order chi connectivity index (χ1) is 7.87. The van der Waals surface area contributed by atoms with E-state index in [0.717, 1.165) is 11.3 Å². The highest BCUT2D eigenvalue weighted by Crippen LogP contribution is 2.38. The van der Waals surface area contributed by atoms with E-state index in [1.54, 1.807) is 10.9 Å². The van der Waals surface area contributed by atoms with Crippen molar-refractivity contribution in [3.63, 3.8) is 0 Å². The van der Waals surface area contributed by atoms with Gasteiger partial charge in [0, 0.05) is 24.0 Å². The van der Waals surface area contributed by atoms with Crippen molar-refractivity contribution in [1.82, 2.24) is 15.1 Å². The molecule has 0 amide bonds. The molecule has 2 rings (SSSR count). The first-order valence-corrected chi connectivity index (χ1v) is 5.97. The molecule has 0 spiro atoms. The maximum absolute atomic E-state index is 12.2. The molecule has 0 radical (unpaired) electrons. The van der Waals surface area contributed by atoms with Gasteiger partial charge in [0.05, 0.1) is 12.6 Å². The molecule has 7 heteroatoms. The number of halogens is 3. The molecule has 1 aliphatic rings. The summed E-state index contributed by atoms with van der Waals surface area (Å²) in [6, 6.07) is 0. The molecule has 1 N–H and O–H groups in total. The molecular weight excluding hydrogens is 251 g/mol. The molecular formula is C10H12F3N3S. The fourth-order valence-corrected chi connectivity index (χ4v) is 2.67. The SMILES string of the molecule is Cc1c(C2NC(CC(F)(F)F)=CS2)cnn1C. The number of rotatable bonds is 2.